The van der Waals surface area contributed by atoms with E-state index in [0.717, 1.165) is 48.5 Å². The van der Waals surface area contributed by atoms with Crippen LogP contribution in [0.4, 0.5) is 16.4 Å². The van der Waals surface area contributed by atoms with Gasteiger partial charge >= 0.3 is 0 Å². The number of para-hydroxylation sites is 2. The molecule has 32 heavy (non-hydrogen) atoms. The van der Waals surface area contributed by atoms with E-state index in [4.69, 9.17) is 4.98 Å². The van der Waals surface area contributed by atoms with Crippen LogP contribution in [-0.2, 0) is 6.54 Å². The summed E-state index contributed by atoms with van der Waals surface area (Å²) >= 11 is 0. The number of nitrogens with zero attached hydrogens (tertiary/aromatic N) is 4. The molecular weight excluding hydrogens is 412 g/mol. The number of non-ortho nitro benzene ring substituents is 1. The van der Waals surface area contributed by atoms with Gasteiger partial charge in [0.2, 0.25) is 5.95 Å². The lowest BCUT2D eigenvalue weighted by molar-refractivity contribution is -0.384. The van der Waals surface area contributed by atoms with Gasteiger partial charge in [-0.1, -0.05) is 24.3 Å². The summed E-state index contributed by atoms with van der Waals surface area (Å²) in [7, 11) is 0. The Kier molecular flexibility index (Phi) is 6.50. The Labute approximate surface area is 185 Å². The number of carboxylic acid groups (broad SMARTS) is 1. The number of aromatic nitrogens is 2. The van der Waals surface area contributed by atoms with Crippen molar-refractivity contribution in [3.8, 4) is 0 Å². The number of nitro benzene ring substituents is 1. The Balaban J connectivity index is 1.45. The van der Waals surface area contributed by atoms with Crippen molar-refractivity contribution in [1.29, 1.82) is 0 Å². The zero-order chi connectivity index (χ0) is 22.5. The second kappa shape index (κ2) is 9.65. The van der Waals surface area contributed by atoms with Crippen molar-refractivity contribution in [3.05, 3.63) is 64.2 Å². The maximum atomic E-state index is 10.9. The van der Waals surface area contributed by atoms with Crippen molar-refractivity contribution in [2.24, 2.45) is 0 Å². The topological polar surface area (TPSA) is 128 Å². The Bertz CT molecular complexity index is 1090. The number of carbonyl (C=O) groups excluding carboxylic acids is 1. The number of likely N-dealkylation sites (tertiary alicyclic amines) is 1. The van der Waals surface area contributed by atoms with Crippen LogP contribution in [0.1, 0.15) is 18.4 Å². The first-order valence-corrected chi connectivity index (χ1v) is 10.6. The summed E-state index contributed by atoms with van der Waals surface area (Å²) in [5.74, 6) is 0.779. The van der Waals surface area contributed by atoms with E-state index in [1.165, 1.54) is 12.1 Å². The summed E-state index contributed by atoms with van der Waals surface area (Å²) in [5, 5.41) is 27.3. The highest BCUT2D eigenvalue weighted by atomic mass is 16.6. The van der Waals surface area contributed by atoms with Gasteiger partial charge in [-0.3, -0.25) is 10.1 Å². The molecule has 1 fully saturated rings. The molecule has 1 amide bonds. The molecule has 4 rings (SSSR count). The molecule has 0 saturated carbocycles. The molecule has 0 unspecified atom stereocenters. The first-order chi connectivity index (χ1) is 15.5. The Hall–Kier alpha value is -3.66. The molecule has 0 aliphatic carbocycles. The standard InChI is InChI=1S/C22H26N6O4/c29-22(30)23-11-14-26-12-9-17(10-13-26)24-21-25-19-3-1-2-4-20(19)27(21)15-16-5-7-18(8-6-16)28(31)32/h1-8,17,23H,9-15H2,(H,24,25)(H,29,30)/p-1. The zero-order valence-electron chi connectivity index (χ0n) is 17.6. The second-order valence-corrected chi connectivity index (χ2v) is 7.91. The number of rotatable bonds is 8. The molecule has 0 bridgehead atoms. The molecule has 3 aromatic rings. The minimum absolute atomic E-state index is 0.0733. The molecule has 2 N–H and O–H groups in total. The Morgan fingerprint density at radius 2 is 1.84 bits per heavy atom. The molecule has 1 saturated heterocycles. The maximum absolute atomic E-state index is 10.9. The summed E-state index contributed by atoms with van der Waals surface area (Å²) in [5.41, 5.74) is 2.92. The van der Waals surface area contributed by atoms with Crippen molar-refractivity contribution in [3.63, 3.8) is 0 Å². The molecule has 1 aromatic heterocycles. The van der Waals surface area contributed by atoms with Gasteiger partial charge in [0.25, 0.3) is 5.69 Å². The number of imidazole rings is 1. The van der Waals surface area contributed by atoms with Gasteiger partial charge in [-0.05, 0) is 30.5 Å². The highest BCUT2D eigenvalue weighted by Gasteiger charge is 2.21. The Morgan fingerprint density at radius 1 is 1.12 bits per heavy atom. The average Bonchev–Trinajstić information content (AvgIpc) is 3.12. The first-order valence-electron chi connectivity index (χ1n) is 10.6. The van der Waals surface area contributed by atoms with Crippen molar-refractivity contribution >= 4 is 28.8 Å². The third-order valence-electron chi connectivity index (χ3n) is 5.76. The van der Waals surface area contributed by atoms with Gasteiger partial charge in [0.1, 0.15) is 6.09 Å². The highest BCUT2D eigenvalue weighted by Crippen LogP contribution is 2.24. The lowest BCUT2D eigenvalue weighted by Gasteiger charge is -2.32. The van der Waals surface area contributed by atoms with Crippen molar-refractivity contribution in [2.75, 3.05) is 31.5 Å². The third-order valence-corrected chi connectivity index (χ3v) is 5.76. The van der Waals surface area contributed by atoms with E-state index >= 15 is 0 Å². The SMILES string of the molecule is O=C([O-])NCCN1CCC(Nc2nc3ccccc3n2Cc2ccc([N+](=O)[O-])cc2)CC1. The second-order valence-electron chi connectivity index (χ2n) is 7.91. The van der Waals surface area contributed by atoms with E-state index in [1.807, 2.05) is 24.3 Å². The number of amides is 1. The van der Waals surface area contributed by atoms with E-state index < -0.39 is 11.0 Å². The molecule has 10 nitrogen and oxygen atoms in total. The fourth-order valence-electron chi connectivity index (χ4n) is 4.05. The number of hydrogen-bond acceptors (Lipinski definition) is 7. The molecule has 1 aliphatic heterocycles. The highest BCUT2D eigenvalue weighted by molar-refractivity contribution is 5.78. The molecule has 10 heteroatoms. The van der Waals surface area contributed by atoms with Crippen molar-refractivity contribution in [2.45, 2.75) is 25.4 Å². The third kappa shape index (κ3) is 5.14. The van der Waals surface area contributed by atoms with E-state index in [9.17, 15) is 20.0 Å². The van der Waals surface area contributed by atoms with Crippen LogP contribution in [-0.4, -0.2) is 57.7 Å². The normalized spacial score (nSPS) is 15.0. The quantitative estimate of drug-likeness (QED) is 0.406. The molecule has 1 aliphatic rings. The molecule has 0 radical (unpaired) electrons. The van der Waals surface area contributed by atoms with Crippen LogP contribution < -0.4 is 15.7 Å². The van der Waals surface area contributed by atoms with Gasteiger partial charge in [0.05, 0.1) is 22.5 Å². The van der Waals surface area contributed by atoms with Crippen LogP contribution in [0.5, 0.6) is 0 Å². The van der Waals surface area contributed by atoms with Gasteiger partial charge in [0.15, 0.2) is 0 Å². The van der Waals surface area contributed by atoms with Crippen LogP contribution in [0, 0.1) is 10.1 Å². The number of hydrogen-bond donors (Lipinski definition) is 2. The number of carbonyl (C=O) groups is 1. The summed E-state index contributed by atoms with van der Waals surface area (Å²) in [4.78, 5) is 28.0. The molecular formula is C22H25N6O4-. The number of piperidine rings is 1. The predicted octanol–water partition coefficient (Wildman–Crippen LogP) is 1.80. The van der Waals surface area contributed by atoms with E-state index in [0.29, 0.717) is 19.6 Å². The average molecular weight is 437 g/mol. The fourth-order valence-corrected chi connectivity index (χ4v) is 4.05. The van der Waals surface area contributed by atoms with Crippen LogP contribution in [0.15, 0.2) is 48.5 Å². The lowest BCUT2D eigenvalue weighted by Crippen LogP contribution is -2.45. The van der Waals surface area contributed by atoms with Gasteiger partial charge in [-0.2, -0.15) is 0 Å². The fraction of sp³-hybridized carbons (Fsp3) is 0.364. The first kappa shape index (κ1) is 21.6. The lowest BCUT2D eigenvalue weighted by atomic mass is 10.1. The van der Waals surface area contributed by atoms with Crippen LogP contribution in [0.25, 0.3) is 11.0 Å². The summed E-state index contributed by atoms with van der Waals surface area (Å²) in [6, 6.07) is 14.8. The van der Waals surface area contributed by atoms with Gasteiger partial charge < -0.3 is 30.0 Å². The number of fused-ring (bicyclic) bond motifs is 1. The van der Waals surface area contributed by atoms with Gasteiger partial charge in [0, 0.05) is 44.4 Å². The van der Waals surface area contributed by atoms with E-state index in [1.54, 1.807) is 12.1 Å². The van der Waals surface area contributed by atoms with E-state index in [2.05, 4.69) is 20.1 Å². The van der Waals surface area contributed by atoms with Crippen molar-refractivity contribution < 1.29 is 14.8 Å². The Morgan fingerprint density at radius 3 is 2.53 bits per heavy atom. The monoisotopic (exact) mass is 437 g/mol. The smallest absolute Gasteiger partial charge is 0.269 e. The van der Waals surface area contributed by atoms with Crippen molar-refractivity contribution in [1.82, 2.24) is 19.8 Å². The largest absolute Gasteiger partial charge is 0.530 e. The predicted molar refractivity (Wildman–Crippen MR) is 118 cm³/mol. The van der Waals surface area contributed by atoms with Gasteiger partial charge in [-0.15, -0.1) is 0 Å². The summed E-state index contributed by atoms with van der Waals surface area (Å²) in [6.07, 6.45) is 0.603. The van der Waals surface area contributed by atoms with E-state index in [-0.39, 0.29) is 11.7 Å². The molecule has 0 atom stereocenters. The minimum atomic E-state index is -1.24. The molecule has 2 aromatic carbocycles. The minimum Gasteiger partial charge on any atom is -0.530 e. The number of benzene rings is 2. The summed E-state index contributed by atoms with van der Waals surface area (Å²) < 4.78 is 2.10. The maximum Gasteiger partial charge on any atom is 0.269 e. The number of anilines is 1. The number of nitro groups is 1. The molecule has 0 spiro atoms. The van der Waals surface area contributed by atoms with Gasteiger partial charge in [-0.25, -0.2) is 4.98 Å². The van der Waals surface area contributed by atoms with Crippen LogP contribution >= 0.6 is 0 Å². The molecule has 168 valence electrons. The zero-order valence-corrected chi connectivity index (χ0v) is 17.6. The van der Waals surface area contributed by atoms with Crippen LogP contribution in [0.3, 0.4) is 0 Å². The van der Waals surface area contributed by atoms with Crippen LogP contribution in [0.2, 0.25) is 0 Å². The molecule has 2 heterocycles. The number of nitrogens with one attached hydrogen (secondary N) is 2. The summed E-state index contributed by atoms with van der Waals surface area (Å²) in [6.45, 7) is 3.32.